The van der Waals surface area contributed by atoms with Gasteiger partial charge < -0.3 is 10.2 Å². The van der Waals surface area contributed by atoms with Crippen molar-refractivity contribution in [1.82, 2.24) is 4.90 Å². The first kappa shape index (κ1) is 23.9. The Bertz CT molecular complexity index is 889. The third-order valence-electron chi connectivity index (χ3n) is 5.53. The van der Waals surface area contributed by atoms with E-state index >= 15 is 0 Å². The van der Waals surface area contributed by atoms with Crippen molar-refractivity contribution in [2.75, 3.05) is 13.1 Å². The van der Waals surface area contributed by atoms with Crippen LogP contribution in [0.15, 0.2) is 66.4 Å². The number of benzene rings is 2. The molecule has 0 unspecified atom stereocenters. The van der Waals surface area contributed by atoms with Crippen LogP contribution in [0.4, 0.5) is 0 Å². The lowest BCUT2D eigenvalue weighted by atomic mass is 9.70. The lowest BCUT2D eigenvalue weighted by Gasteiger charge is -2.40. The van der Waals surface area contributed by atoms with Crippen molar-refractivity contribution >= 4 is 35.8 Å². The third kappa shape index (κ3) is 6.08. The van der Waals surface area contributed by atoms with E-state index in [1.54, 1.807) is 12.1 Å². The normalized spacial score (nSPS) is 16.5. The lowest BCUT2D eigenvalue weighted by molar-refractivity contribution is -0.136. The van der Waals surface area contributed by atoms with Crippen LogP contribution in [-0.4, -0.2) is 40.0 Å². The number of nitrogens with zero attached hydrogens (tertiary/aromatic N) is 1. The number of aliphatic carboxylic acids is 1. The number of carbonyl (C=O) groups is 2. The number of carboxylic acid groups (broad SMARTS) is 1. The zero-order valence-corrected chi connectivity index (χ0v) is 18.0. The van der Waals surface area contributed by atoms with E-state index in [0.717, 1.165) is 31.3 Å². The number of rotatable bonds is 7. The van der Waals surface area contributed by atoms with Crippen molar-refractivity contribution in [3.05, 3.63) is 82.6 Å². The Morgan fingerprint density at radius 2 is 1.57 bits per heavy atom. The second kappa shape index (κ2) is 10.6. The first-order valence-corrected chi connectivity index (χ1v) is 9.95. The predicted octanol–water partition coefficient (Wildman–Crippen LogP) is 4.68. The summed E-state index contributed by atoms with van der Waals surface area (Å²) < 4.78 is 0. The van der Waals surface area contributed by atoms with E-state index in [0.29, 0.717) is 24.3 Å². The molecule has 0 amide bonds. The molecule has 2 aromatic carbocycles. The van der Waals surface area contributed by atoms with Gasteiger partial charge in [0.25, 0.3) is 0 Å². The lowest BCUT2D eigenvalue weighted by Crippen LogP contribution is -2.45. The molecule has 0 bridgehead atoms. The SMILES string of the molecule is Cl.O=C(O)/C(O)=C/C(=O)C1(Cc2ccc(Cl)cc2)CCN(Cc2ccccc2)CC1. The standard InChI is InChI=1S/C23H24ClNO4.ClH/c24-19-8-6-17(7-9-19)15-23(21(27)14-20(26)22(28)29)10-12-25(13-11-23)16-18-4-2-1-3-5-18;/h1-9,14,26H,10-13,15-16H2,(H,28,29);1H/b20-14-;. The first-order chi connectivity index (χ1) is 13.9. The molecule has 3 rings (SSSR count). The number of allylic oxidation sites excluding steroid dienone is 1. The highest BCUT2D eigenvalue weighted by atomic mass is 35.5. The van der Waals surface area contributed by atoms with Gasteiger partial charge in [0.1, 0.15) is 0 Å². The van der Waals surface area contributed by atoms with Crippen LogP contribution in [0.25, 0.3) is 0 Å². The summed E-state index contributed by atoms with van der Waals surface area (Å²) in [4.78, 5) is 26.3. The summed E-state index contributed by atoms with van der Waals surface area (Å²) in [6.45, 7) is 2.24. The van der Waals surface area contributed by atoms with Crippen LogP contribution in [0, 0.1) is 5.41 Å². The van der Waals surface area contributed by atoms with E-state index in [4.69, 9.17) is 16.7 Å². The summed E-state index contributed by atoms with van der Waals surface area (Å²) in [6.07, 6.45) is 2.52. The molecule has 0 aromatic heterocycles. The van der Waals surface area contributed by atoms with E-state index in [2.05, 4.69) is 17.0 Å². The van der Waals surface area contributed by atoms with Gasteiger partial charge in [0.15, 0.2) is 5.78 Å². The maximum absolute atomic E-state index is 13.0. The molecular weight excluding hydrogens is 425 g/mol. The quantitative estimate of drug-likeness (QED) is 0.473. The fraction of sp³-hybridized carbons (Fsp3) is 0.304. The Kier molecular flexibility index (Phi) is 8.47. The molecule has 30 heavy (non-hydrogen) atoms. The number of carbonyl (C=O) groups excluding carboxylic acids is 1. The molecule has 0 radical (unpaired) electrons. The molecule has 0 saturated carbocycles. The van der Waals surface area contributed by atoms with Crippen molar-refractivity contribution < 1.29 is 19.8 Å². The molecule has 0 aliphatic carbocycles. The summed E-state index contributed by atoms with van der Waals surface area (Å²) in [5.41, 5.74) is 1.43. The van der Waals surface area contributed by atoms with Crippen LogP contribution in [0.3, 0.4) is 0 Å². The molecule has 1 fully saturated rings. The van der Waals surface area contributed by atoms with E-state index in [-0.39, 0.29) is 18.2 Å². The molecule has 0 atom stereocenters. The third-order valence-corrected chi connectivity index (χ3v) is 5.78. The van der Waals surface area contributed by atoms with Crippen molar-refractivity contribution in [3.63, 3.8) is 0 Å². The number of halogens is 2. The molecular formula is C23H25Cl2NO4. The van der Waals surface area contributed by atoms with Crippen LogP contribution in [0.5, 0.6) is 0 Å². The van der Waals surface area contributed by atoms with E-state index in [1.807, 2.05) is 30.3 Å². The molecule has 1 saturated heterocycles. The Hall–Kier alpha value is -2.34. The number of hydrogen-bond acceptors (Lipinski definition) is 4. The largest absolute Gasteiger partial charge is 0.502 e. The molecule has 5 nitrogen and oxygen atoms in total. The molecule has 2 aromatic rings. The number of hydrogen-bond donors (Lipinski definition) is 2. The molecule has 1 heterocycles. The van der Waals surface area contributed by atoms with E-state index in [9.17, 15) is 14.7 Å². The summed E-state index contributed by atoms with van der Waals surface area (Å²) in [7, 11) is 0. The summed E-state index contributed by atoms with van der Waals surface area (Å²) >= 11 is 5.97. The minimum absolute atomic E-state index is 0. The van der Waals surface area contributed by atoms with Crippen molar-refractivity contribution in [3.8, 4) is 0 Å². The van der Waals surface area contributed by atoms with Crippen molar-refractivity contribution in [2.24, 2.45) is 5.41 Å². The number of ketones is 1. The minimum Gasteiger partial charge on any atom is -0.502 e. The van der Waals surface area contributed by atoms with E-state index < -0.39 is 17.1 Å². The fourth-order valence-corrected chi connectivity index (χ4v) is 3.95. The highest BCUT2D eigenvalue weighted by Crippen LogP contribution is 2.37. The number of aliphatic hydroxyl groups excluding tert-OH is 1. The van der Waals surface area contributed by atoms with Crippen LogP contribution >= 0.6 is 24.0 Å². The van der Waals surface area contributed by atoms with Gasteiger partial charge in [0.05, 0.1) is 0 Å². The number of aliphatic hydroxyl groups is 1. The van der Waals surface area contributed by atoms with Gasteiger partial charge in [-0.3, -0.25) is 9.69 Å². The molecule has 1 aliphatic rings. The van der Waals surface area contributed by atoms with Gasteiger partial charge in [-0.25, -0.2) is 4.79 Å². The second-order valence-corrected chi connectivity index (χ2v) is 7.98. The van der Waals surface area contributed by atoms with Crippen LogP contribution in [0.2, 0.25) is 5.02 Å². The van der Waals surface area contributed by atoms with E-state index in [1.165, 1.54) is 5.56 Å². The topological polar surface area (TPSA) is 77.8 Å². The monoisotopic (exact) mass is 449 g/mol. The first-order valence-electron chi connectivity index (χ1n) is 9.57. The highest BCUT2D eigenvalue weighted by molar-refractivity contribution is 6.30. The van der Waals surface area contributed by atoms with Gasteiger partial charge >= 0.3 is 5.97 Å². The Morgan fingerprint density at radius 3 is 2.13 bits per heavy atom. The van der Waals surface area contributed by atoms with Gasteiger partial charge in [0, 0.05) is 23.1 Å². The Balaban J connectivity index is 0.00000320. The van der Waals surface area contributed by atoms with Gasteiger partial charge in [-0.05, 0) is 55.6 Å². The molecule has 1 aliphatic heterocycles. The molecule has 0 spiro atoms. The average Bonchev–Trinajstić information content (AvgIpc) is 2.72. The highest BCUT2D eigenvalue weighted by Gasteiger charge is 2.40. The van der Waals surface area contributed by atoms with Gasteiger partial charge in [-0.15, -0.1) is 12.4 Å². The summed E-state index contributed by atoms with van der Waals surface area (Å²) in [5.74, 6) is -2.76. The maximum atomic E-state index is 13.0. The van der Waals surface area contributed by atoms with Gasteiger partial charge in [0.2, 0.25) is 5.76 Å². The summed E-state index contributed by atoms with van der Waals surface area (Å²) in [6, 6.07) is 17.5. The molecule has 160 valence electrons. The molecule has 2 N–H and O–H groups in total. The van der Waals surface area contributed by atoms with Gasteiger partial charge in [-0.2, -0.15) is 0 Å². The smallest absolute Gasteiger partial charge is 0.371 e. The predicted molar refractivity (Wildman–Crippen MR) is 119 cm³/mol. The van der Waals surface area contributed by atoms with Crippen molar-refractivity contribution in [1.29, 1.82) is 0 Å². The van der Waals surface area contributed by atoms with Crippen molar-refractivity contribution in [2.45, 2.75) is 25.8 Å². The summed E-state index contributed by atoms with van der Waals surface area (Å²) in [5, 5.41) is 19.2. The zero-order valence-electron chi connectivity index (χ0n) is 16.5. The average molecular weight is 450 g/mol. The Labute approximate surface area is 187 Å². The number of likely N-dealkylation sites (tertiary alicyclic amines) is 1. The minimum atomic E-state index is -1.50. The Morgan fingerprint density at radius 1 is 0.967 bits per heavy atom. The second-order valence-electron chi connectivity index (χ2n) is 7.54. The van der Waals surface area contributed by atoms with Crippen LogP contribution in [0.1, 0.15) is 24.0 Å². The van der Waals surface area contributed by atoms with Gasteiger partial charge in [-0.1, -0.05) is 54.1 Å². The fourth-order valence-electron chi connectivity index (χ4n) is 3.82. The zero-order chi connectivity index (χ0) is 20.9. The van der Waals surface area contributed by atoms with Crippen LogP contribution < -0.4 is 0 Å². The maximum Gasteiger partial charge on any atom is 0.371 e. The van der Waals surface area contributed by atoms with Crippen LogP contribution in [-0.2, 0) is 22.6 Å². The number of piperidine rings is 1. The number of carboxylic acids is 1. The molecule has 7 heteroatoms.